The minimum atomic E-state index is -0.146. The summed E-state index contributed by atoms with van der Waals surface area (Å²) in [7, 11) is 0. The van der Waals surface area contributed by atoms with Crippen LogP contribution in [0.4, 0.5) is 5.82 Å². The van der Waals surface area contributed by atoms with Crippen LogP contribution in [0.1, 0.15) is 24.8 Å². The highest BCUT2D eigenvalue weighted by molar-refractivity contribution is 5.94. The lowest BCUT2D eigenvalue weighted by Crippen LogP contribution is -2.46. The summed E-state index contributed by atoms with van der Waals surface area (Å²) in [5.74, 6) is 0.651. The molecule has 0 aliphatic carbocycles. The summed E-state index contributed by atoms with van der Waals surface area (Å²) in [6.45, 7) is 1.65. The van der Waals surface area contributed by atoms with Crippen LogP contribution in [-0.2, 0) is 11.3 Å². The molecule has 7 nitrogen and oxygen atoms in total. The molecule has 7 heteroatoms. The van der Waals surface area contributed by atoms with Crippen LogP contribution in [0.25, 0.3) is 5.65 Å². The monoisotopic (exact) mass is 336 g/mol. The molecule has 1 amide bonds. The van der Waals surface area contributed by atoms with E-state index in [1.807, 2.05) is 24.4 Å². The van der Waals surface area contributed by atoms with Gasteiger partial charge in [0.1, 0.15) is 5.82 Å². The predicted octanol–water partition coefficient (Wildman–Crippen LogP) is 2.12. The zero-order valence-corrected chi connectivity index (χ0v) is 13.9. The molecule has 25 heavy (non-hydrogen) atoms. The van der Waals surface area contributed by atoms with Crippen LogP contribution in [0, 0.1) is 0 Å². The summed E-state index contributed by atoms with van der Waals surface area (Å²) in [5.41, 5.74) is 1.84. The molecule has 0 saturated carbocycles. The number of hydrogen-bond donors (Lipinski definition) is 1. The van der Waals surface area contributed by atoms with Crippen LogP contribution in [0.3, 0.4) is 0 Å². The van der Waals surface area contributed by atoms with Gasteiger partial charge in [-0.25, -0.2) is 4.98 Å². The summed E-state index contributed by atoms with van der Waals surface area (Å²) >= 11 is 0. The molecule has 0 aromatic carbocycles. The molecule has 3 aromatic heterocycles. The Hall–Kier alpha value is -2.80. The lowest BCUT2D eigenvalue weighted by Gasteiger charge is -2.34. The zero-order chi connectivity index (χ0) is 17.1. The Morgan fingerprint density at radius 2 is 2.16 bits per heavy atom. The highest BCUT2D eigenvalue weighted by Gasteiger charge is 2.29. The number of nitrogens with one attached hydrogen (secondary N) is 1. The van der Waals surface area contributed by atoms with E-state index in [1.165, 1.54) is 0 Å². The van der Waals surface area contributed by atoms with Gasteiger partial charge in [0.15, 0.2) is 5.65 Å². The maximum atomic E-state index is 12.9. The first kappa shape index (κ1) is 15.7. The molecule has 1 atom stereocenters. The predicted molar refractivity (Wildman–Crippen MR) is 93.9 cm³/mol. The van der Waals surface area contributed by atoms with E-state index in [0.717, 1.165) is 37.9 Å². The minimum absolute atomic E-state index is 0.00610. The van der Waals surface area contributed by atoms with Crippen molar-refractivity contribution in [2.45, 2.75) is 31.8 Å². The number of hydrogen-bond acceptors (Lipinski definition) is 5. The van der Waals surface area contributed by atoms with Gasteiger partial charge in [0.05, 0.1) is 12.2 Å². The summed E-state index contributed by atoms with van der Waals surface area (Å²) in [4.78, 5) is 23.5. The van der Waals surface area contributed by atoms with Crippen LogP contribution in [0.5, 0.6) is 0 Å². The van der Waals surface area contributed by atoms with Crippen LogP contribution in [0.15, 0.2) is 49.1 Å². The number of fused-ring (bicyclic) bond motifs is 1. The molecular formula is C18H20N6O. The summed E-state index contributed by atoms with van der Waals surface area (Å²) in [6, 6.07) is 7.41. The molecule has 1 aliphatic heterocycles. The second kappa shape index (κ2) is 6.98. The normalized spacial score (nSPS) is 18.3. The maximum absolute atomic E-state index is 12.9. The average molecular weight is 336 g/mol. The topological polar surface area (TPSA) is 75.4 Å². The third-order valence-electron chi connectivity index (χ3n) is 4.57. The van der Waals surface area contributed by atoms with Crippen molar-refractivity contribution in [3.8, 4) is 0 Å². The molecule has 0 radical (unpaired) electrons. The summed E-state index contributed by atoms with van der Waals surface area (Å²) in [5, 5.41) is 7.24. The van der Waals surface area contributed by atoms with E-state index in [2.05, 4.69) is 25.3 Å². The fraction of sp³-hybridized carbons (Fsp3) is 0.333. The molecule has 1 saturated heterocycles. The number of carbonyl (C=O) groups is 1. The Kier molecular flexibility index (Phi) is 4.39. The van der Waals surface area contributed by atoms with E-state index in [4.69, 9.17) is 0 Å². The molecule has 0 spiro atoms. The molecular weight excluding hydrogens is 316 g/mol. The first-order valence-electron chi connectivity index (χ1n) is 8.54. The van der Waals surface area contributed by atoms with Gasteiger partial charge in [0, 0.05) is 31.2 Å². The molecule has 1 unspecified atom stereocenters. The molecule has 128 valence electrons. The second-order valence-electron chi connectivity index (χ2n) is 6.26. The van der Waals surface area contributed by atoms with E-state index in [0.29, 0.717) is 11.5 Å². The first-order valence-corrected chi connectivity index (χ1v) is 8.54. The van der Waals surface area contributed by atoms with Gasteiger partial charge in [-0.1, -0.05) is 12.5 Å². The average Bonchev–Trinajstić information content (AvgIpc) is 3.13. The van der Waals surface area contributed by atoms with Crippen molar-refractivity contribution < 1.29 is 4.79 Å². The Balaban J connectivity index is 1.52. The van der Waals surface area contributed by atoms with Gasteiger partial charge in [-0.2, -0.15) is 9.61 Å². The zero-order valence-electron chi connectivity index (χ0n) is 13.9. The van der Waals surface area contributed by atoms with Gasteiger partial charge in [0.25, 0.3) is 0 Å². The molecule has 0 bridgehead atoms. The van der Waals surface area contributed by atoms with Crippen LogP contribution >= 0.6 is 0 Å². The van der Waals surface area contributed by atoms with E-state index in [-0.39, 0.29) is 11.9 Å². The molecule has 3 aromatic rings. The Morgan fingerprint density at radius 1 is 1.20 bits per heavy atom. The van der Waals surface area contributed by atoms with Crippen molar-refractivity contribution >= 4 is 17.4 Å². The first-order chi connectivity index (χ1) is 12.3. The molecule has 1 N–H and O–H groups in total. The number of aromatic nitrogens is 4. The number of rotatable bonds is 4. The van der Waals surface area contributed by atoms with E-state index in [9.17, 15) is 4.79 Å². The van der Waals surface area contributed by atoms with Crippen molar-refractivity contribution in [1.29, 1.82) is 0 Å². The highest BCUT2D eigenvalue weighted by atomic mass is 16.2. The third kappa shape index (κ3) is 3.36. The number of nitrogens with zero attached hydrogens (tertiary/aromatic N) is 5. The van der Waals surface area contributed by atoms with Crippen LogP contribution < -0.4 is 5.32 Å². The number of anilines is 1. The minimum Gasteiger partial charge on any atom is -0.309 e. The Labute approximate surface area is 145 Å². The quantitative estimate of drug-likeness (QED) is 0.790. The molecule has 4 rings (SSSR count). The van der Waals surface area contributed by atoms with Crippen molar-refractivity contribution in [1.82, 2.24) is 24.5 Å². The lowest BCUT2D eigenvalue weighted by atomic mass is 10.0. The van der Waals surface area contributed by atoms with E-state index in [1.54, 1.807) is 29.2 Å². The SMILES string of the molecule is O=C(Nc1ccnc2ccnn12)C1CCCCN1Cc1cccnc1. The third-order valence-corrected chi connectivity index (χ3v) is 4.57. The standard InChI is InChI=1S/C18H20N6O/c25-18(22-17-6-9-20-16-7-10-21-24(16)17)15-5-1-2-11-23(15)13-14-4-3-8-19-12-14/h3-4,6-10,12,15H,1-2,5,11,13H2,(H,22,25). The smallest absolute Gasteiger partial charge is 0.242 e. The molecule has 4 heterocycles. The van der Waals surface area contributed by atoms with Gasteiger partial charge < -0.3 is 5.32 Å². The van der Waals surface area contributed by atoms with Crippen LogP contribution in [0.2, 0.25) is 0 Å². The number of amides is 1. The van der Waals surface area contributed by atoms with Crippen molar-refractivity contribution in [2.24, 2.45) is 0 Å². The summed E-state index contributed by atoms with van der Waals surface area (Å²) < 4.78 is 1.65. The van der Waals surface area contributed by atoms with Crippen molar-refractivity contribution in [3.05, 3.63) is 54.6 Å². The van der Waals surface area contributed by atoms with Gasteiger partial charge in [-0.3, -0.25) is 14.7 Å². The highest BCUT2D eigenvalue weighted by Crippen LogP contribution is 2.21. The van der Waals surface area contributed by atoms with Gasteiger partial charge in [0.2, 0.25) is 5.91 Å². The van der Waals surface area contributed by atoms with Gasteiger partial charge >= 0.3 is 0 Å². The fourth-order valence-corrected chi connectivity index (χ4v) is 3.34. The Morgan fingerprint density at radius 3 is 3.04 bits per heavy atom. The lowest BCUT2D eigenvalue weighted by molar-refractivity contribution is -0.122. The second-order valence-corrected chi connectivity index (χ2v) is 6.26. The fourth-order valence-electron chi connectivity index (χ4n) is 3.34. The molecule has 1 fully saturated rings. The van der Waals surface area contributed by atoms with E-state index >= 15 is 0 Å². The van der Waals surface area contributed by atoms with Crippen LogP contribution in [-0.4, -0.2) is 43.0 Å². The number of carbonyl (C=O) groups excluding carboxylic acids is 1. The number of piperidine rings is 1. The summed E-state index contributed by atoms with van der Waals surface area (Å²) in [6.07, 6.45) is 10.0. The van der Waals surface area contributed by atoms with E-state index < -0.39 is 0 Å². The van der Waals surface area contributed by atoms with Gasteiger partial charge in [-0.15, -0.1) is 0 Å². The molecule has 1 aliphatic rings. The largest absolute Gasteiger partial charge is 0.309 e. The number of pyridine rings is 1. The van der Waals surface area contributed by atoms with Gasteiger partial charge in [-0.05, 0) is 37.1 Å². The maximum Gasteiger partial charge on any atom is 0.242 e. The Bertz CT molecular complexity index is 862. The number of likely N-dealkylation sites (tertiary alicyclic amines) is 1. The van der Waals surface area contributed by atoms with Crippen molar-refractivity contribution in [3.63, 3.8) is 0 Å². The van der Waals surface area contributed by atoms with Crippen molar-refractivity contribution in [2.75, 3.05) is 11.9 Å².